The number of carbonyl (C=O) groups is 1. The summed E-state index contributed by atoms with van der Waals surface area (Å²) in [7, 11) is 0. The second-order valence-electron chi connectivity index (χ2n) is 4.56. The Morgan fingerprint density at radius 2 is 2.21 bits per heavy atom. The molecule has 0 unspecified atom stereocenters. The lowest BCUT2D eigenvalue weighted by atomic mass is 10.0. The van der Waals surface area contributed by atoms with Gasteiger partial charge in [0.25, 0.3) is 0 Å². The molecule has 0 aliphatic rings. The molecule has 1 rings (SSSR count). The quantitative estimate of drug-likeness (QED) is 0.620. The van der Waals surface area contributed by atoms with Gasteiger partial charge in [-0.1, -0.05) is 26.7 Å². The number of amides is 1. The molecule has 6 heteroatoms. The fourth-order valence-electron chi connectivity index (χ4n) is 1.78. The van der Waals surface area contributed by atoms with Crippen molar-refractivity contribution in [2.45, 2.75) is 33.2 Å². The molecule has 6 nitrogen and oxygen atoms in total. The van der Waals surface area contributed by atoms with Crippen molar-refractivity contribution in [3.8, 4) is 0 Å². The van der Waals surface area contributed by atoms with Gasteiger partial charge >= 0.3 is 0 Å². The average molecular weight is 268 g/mol. The molecule has 0 fully saturated rings. The van der Waals surface area contributed by atoms with E-state index in [0.717, 1.165) is 25.1 Å². The molecule has 1 heterocycles. The van der Waals surface area contributed by atoms with E-state index < -0.39 is 0 Å². The van der Waals surface area contributed by atoms with Gasteiger partial charge in [0.2, 0.25) is 5.91 Å². The van der Waals surface area contributed by atoms with Gasteiger partial charge in [-0.25, -0.2) is 0 Å². The third kappa shape index (κ3) is 5.74. The molecule has 0 aromatic carbocycles. The molecular formula is C13H24N4O2. The lowest BCUT2D eigenvalue weighted by Crippen LogP contribution is -2.30. The summed E-state index contributed by atoms with van der Waals surface area (Å²) in [6.45, 7) is 5.70. The third-order valence-electron chi connectivity index (χ3n) is 3.12. The molecule has 1 aromatic rings. The first kappa shape index (κ1) is 15.5. The maximum Gasteiger partial charge on any atom is 0.241 e. The number of aliphatic hydroxyl groups is 1. The standard InChI is InChI=1S/C13H24N4O2/c1-3-11(4-2)7-15-12-8-16-17(9-12)10-13(19)14-5-6-18/h8-9,11,15,18H,3-7,10H2,1-2H3,(H,14,19). The van der Waals surface area contributed by atoms with Crippen LogP contribution in [0, 0.1) is 5.92 Å². The van der Waals surface area contributed by atoms with Crippen LogP contribution in [0.3, 0.4) is 0 Å². The van der Waals surface area contributed by atoms with Crippen LogP contribution in [0.5, 0.6) is 0 Å². The third-order valence-corrected chi connectivity index (χ3v) is 3.12. The van der Waals surface area contributed by atoms with E-state index >= 15 is 0 Å². The summed E-state index contributed by atoms with van der Waals surface area (Å²) < 4.78 is 1.59. The second kappa shape index (κ2) is 8.53. The van der Waals surface area contributed by atoms with Gasteiger partial charge < -0.3 is 15.7 Å². The lowest BCUT2D eigenvalue weighted by molar-refractivity contribution is -0.122. The van der Waals surface area contributed by atoms with E-state index in [1.165, 1.54) is 0 Å². The van der Waals surface area contributed by atoms with Crippen molar-refractivity contribution >= 4 is 11.6 Å². The number of rotatable bonds is 9. The Morgan fingerprint density at radius 1 is 1.47 bits per heavy atom. The summed E-state index contributed by atoms with van der Waals surface area (Å²) in [6, 6.07) is 0. The number of aromatic nitrogens is 2. The maximum absolute atomic E-state index is 11.4. The number of anilines is 1. The van der Waals surface area contributed by atoms with E-state index in [-0.39, 0.29) is 25.6 Å². The Labute approximate surface area is 114 Å². The van der Waals surface area contributed by atoms with Crippen molar-refractivity contribution in [3.63, 3.8) is 0 Å². The van der Waals surface area contributed by atoms with E-state index in [1.54, 1.807) is 10.9 Å². The van der Waals surface area contributed by atoms with E-state index in [2.05, 4.69) is 29.6 Å². The highest BCUT2D eigenvalue weighted by Gasteiger charge is 2.06. The smallest absolute Gasteiger partial charge is 0.241 e. The zero-order valence-corrected chi connectivity index (χ0v) is 11.7. The average Bonchev–Trinajstić information content (AvgIpc) is 2.85. The number of hydrogen-bond donors (Lipinski definition) is 3. The first-order valence-corrected chi connectivity index (χ1v) is 6.83. The first-order valence-electron chi connectivity index (χ1n) is 6.83. The molecule has 0 radical (unpaired) electrons. The van der Waals surface area contributed by atoms with Crippen LogP contribution in [-0.4, -0.2) is 40.5 Å². The van der Waals surface area contributed by atoms with Crippen molar-refractivity contribution in [2.24, 2.45) is 5.92 Å². The normalized spacial score (nSPS) is 10.7. The van der Waals surface area contributed by atoms with E-state index in [1.807, 2.05) is 6.20 Å². The van der Waals surface area contributed by atoms with Gasteiger partial charge in [0.05, 0.1) is 18.5 Å². The molecule has 3 N–H and O–H groups in total. The lowest BCUT2D eigenvalue weighted by Gasteiger charge is -2.12. The number of carbonyl (C=O) groups excluding carboxylic acids is 1. The van der Waals surface area contributed by atoms with Crippen molar-refractivity contribution in [3.05, 3.63) is 12.4 Å². The van der Waals surface area contributed by atoms with E-state index in [0.29, 0.717) is 5.92 Å². The first-order chi connectivity index (χ1) is 9.19. The summed E-state index contributed by atoms with van der Waals surface area (Å²) in [5, 5.41) is 18.6. The maximum atomic E-state index is 11.4. The van der Waals surface area contributed by atoms with Gasteiger partial charge in [0, 0.05) is 19.3 Å². The van der Waals surface area contributed by atoms with Gasteiger partial charge in [-0.05, 0) is 5.92 Å². The van der Waals surface area contributed by atoms with Crippen LogP contribution in [0.15, 0.2) is 12.4 Å². The van der Waals surface area contributed by atoms with Crippen LogP contribution in [0.4, 0.5) is 5.69 Å². The summed E-state index contributed by atoms with van der Waals surface area (Å²) in [5.74, 6) is 0.514. The van der Waals surface area contributed by atoms with E-state index in [9.17, 15) is 4.79 Å². The molecule has 0 aliphatic carbocycles. The minimum atomic E-state index is -0.149. The van der Waals surface area contributed by atoms with Crippen molar-refractivity contribution < 1.29 is 9.90 Å². The molecule has 0 saturated carbocycles. The SMILES string of the molecule is CCC(CC)CNc1cnn(CC(=O)NCCO)c1. The van der Waals surface area contributed by atoms with E-state index in [4.69, 9.17) is 5.11 Å². The Morgan fingerprint density at radius 3 is 2.84 bits per heavy atom. The van der Waals surface area contributed by atoms with Crippen LogP contribution in [0.1, 0.15) is 26.7 Å². The number of nitrogens with zero attached hydrogens (tertiary/aromatic N) is 2. The molecular weight excluding hydrogens is 244 g/mol. The van der Waals surface area contributed by atoms with Crippen LogP contribution in [0.25, 0.3) is 0 Å². The Balaban J connectivity index is 2.37. The topological polar surface area (TPSA) is 79.2 Å². The van der Waals surface area contributed by atoms with Crippen molar-refractivity contribution in [2.75, 3.05) is 25.0 Å². The van der Waals surface area contributed by atoms with Crippen LogP contribution >= 0.6 is 0 Å². The van der Waals surface area contributed by atoms with Crippen LogP contribution in [0.2, 0.25) is 0 Å². The van der Waals surface area contributed by atoms with Gasteiger partial charge in [0.15, 0.2) is 0 Å². The van der Waals surface area contributed by atoms with Crippen LogP contribution < -0.4 is 10.6 Å². The molecule has 1 aromatic heterocycles. The molecule has 0 spiro atoms. The minimum absolute atomic E-state index is 0.0485. The largest absolute Gasteiger partial charge is 0.395 e. The minimum Gasteiger partial charge on any atom is -0.395 e. The summed E-state index contributed by atoms with van der Waals surface area (Å²) in [5.41, 5.74) is 0.932. The van der Waals surface area contributed by atoms with Crippen molar-refractivity contribution in [1.82, 2.24) is 15.1 Å². The van der Waals surface area contributed by atoms with Gasteiger partial charge in [0.1, 0.15) is 6.54 Å². The predicted octanol–water partition coefficient (Wildman–Crippen LogP) is 0.840. The van der Waals surface area contributed by atoms with Gasteiger partial charge in [-0.2, -0.15) is 5.10 Å². The Bertz CT molecular complexity index is 374. The Kier molecular flexibility index (Phi) is 6.95. The van der Waals surface area contributed by atoms with Gasteiger partial charge in [-0.15, -0.1) is 0 Å². The highest BCUT2D eigenvalue weighted by Crippen LogP contribution is 2.10. The summed E-state index contributed by atoms with van der Waals surface area (Å²) >= 11 is 0. The van der Waals surface area contributed by atoms with Crippen molar-refractivity contribution in [1.29, 1.82) is 0 Å². The fourth-order valence-corrected chi connectivity index (χ4v) is 1.78. The predicted molar refractivity (Wildman–Crippen MR) is 74.9 cm³/mol. The molecule has 0 aliphatic heterocycles. The zero-order chi connectivity index (χ0) is 14.1. The molecule has 0 saturated heterocycles. The summed E-state index contributed by atoms with van der Waals surface area (Å²) in [4.78, 5) is 11.4. The molecule has 0 atom stereocenters. The highest BCUT2D eigenvalue weighted by atomic mass is 16.3. The molecule has 1 amide bonds. The molecule has 19 heavy (non-hydrogen) atoms. The zero-order valence-electron chi connectivity index (χ0n) is 11.7. The Hall–Kier alpha value is -1.56. The second-order valence-corrected chi connectivity index (χ2v) is 4.56. The number of hydrogen-bond acceptors (Lipinski definition) is 4. The van der Waals surface area contributed by atoms with Gasteiger partial charge in [-0.3, -0.25) is 9.48 Å². The number of aliphatic hydroxyl groups excluding tert-OH is 1. The molecule has 108 valence electrons. The highest BCUT2D eigenvalue weighted by molar-refractivity contribution is 5.75. The molecule has 0 bridgehead atoms. The van der Waals surface area contributed by atoms with Crippen LogP contribution in [-0.2, 0) is 11.3 Å². The number of nitrogens with one attached hydrogen (secondary N) is 2. The monoisotopic (exact) mass is 268 g/mol. The summed E-state index contributed by atoms with van der Waals surface area (Å²) in [6.07, 6.45) is 5.85. The fraction of sp³-hybridized carbons (Fsp3) is 0.692.